The molecule has 0 aliphatic carbocycles. The second kappa shape index (κ2) is 32.2. The molecule has 0 aromatic carbocycles. The Morgan fingerprint density at radius 2 is 0.595 bits per heavy atom. The van der Waals surface area contributed by atoms with E-state index in [1.807, 2.05) is 7.05 Å². The van der Waals surface area contributed by atoms with Crippen molar-refractivity contribution in [1.82, 2.24) is 10.0 Å². The molecule has 3 atom stereocenters. The molecule has 5 heteroatoms. The first-order valence-corrected chi connectivity index (χ1v) is 18.9. The molecule has 42 heavy (non-hydrogen) atoms. The first-order chi connectivity index (χ1) is 20.4. The van der Waals surface area contributed by atoms with Gasteiger partial charge in [-0.05, 0) is 19.3 Å². The lowest BCUT2D eigenvalue weighted by Crippen LogP contribution is -2.50. The van der Waals surface area contributed by atoms with Crippen molar-refractivity contribution < 1.29 is 15.3 Å². The van der Waals surface area contributed by atoms with Crippen LogP contribution in [-0.2, 0) is 0 Å². The Kier molecular flexibility index (Phi) is 32.0. The molecule has 254 valence electrons. The number of rotatable bonds is 34. The molecule has 0 amide bonds. The minimum Gasteiger partial charge on any atom is -0.392 e. The van der Waals surface area contributed by atoms with Gasteiger partial charge in [0.25, 0.3) is 0 Å². The molecule has 0 saturated carbocycles. The smallest absolute Gasteiger partial charge is 0.0681 e. The van der Waals surface area contributed by atoms with Gasteiger partial charge in [-0.15, -0.1) is 0 Å². The highest BCUT2D eigenvalue weighted by Crippen LogP contribution is 2.16. The molecule has 0 fully saturated rings. The molecule has 5 nitrogen and oxygen atoms in total. The van der Waals surface area contributed by atoms with Crippen LogP contribution in [-0.4, -0.2) is 70.3 Å². The van der Waals surface area contributed by atoms with E-state index in [-0.39, 0.29) is 6.10 Å². The van der Waals surface area contributed by atoms with Gasteiger partial charge in [-0.3, -0.25) is 0 Å². The fourth-order valence-corrected chi connectivity index (χ4v) is 6.08. The van der Waals surface area contributed by atoms with Gasteiger partial charge in [-0.2, -0.15) is 0 Å². The zero-order valence-corrected chi connectivity index (χ0v) is 29.2. The van der Waals surface area contributed by atoms with Crippen LogP contribution in [0.1, 0.15) is 194 Å². The molecule has 0 spiro atoms. The topological polar surface area (TPSA) is 67.2 Å². The lowest BCUT2D eigenvalue weighted by Gasteiger charge is -2.36. The quantitative estimate of drug-likeness (QED) is 0.0508. The van der Waals surface area contributed by atoms with Gasteiger partial charge in [0.15, 0.2) is 0 Å². The molecule has 0 aromatic rings. The summed E-state index contributed by atoms with van der Waals surface area (Å²) in [7, 11) is 2.02. The third kappa shape index (κ3) is 28.6. The molecule has 0 heterocycles. The number of aliphatic hydroxyl groups excluding tert-OH is 3. The van der Waals surface area contributed by atoms with Crippen molar-refractivity contribution >= 4 is 0 Å². The lowest BCUT2D eigenvalue weighted by atomic mass is 10.0. The number of likely N-dealkylation sites (N-methyl/N-ethyl adjacent to an activating group) is 1. The van der Waals surface area contributed by atoms with Gasteiger partial charge in [0.05, 0.1) is 18.3 Å². The first-order valence-electron chi connectivity index (χ1n) is 18.9. The maximum Gasteiger partial charge on any atom is 0.0681 e. The fourth-order valence-electron chi connectivity index (χ4n) is 6.08. The predicted octanol–water partition coefficient (Wildman–Crippen LogP) is 9.81. The Labute approximate surface area is 264 Å². The van der Waals surface area contributed by atoms with E-state index in [1.54, 1.807) is 0 Å². The van der Waals surface area contributed by atoms with Crippen molar-refractivity contribution in [2.75, 3.05) is 26.7 Å². The third-order valence-electron chi connectivity index (χ3n) is 8.97. The standard InChI is InChI=1S/C37H78N2O3/c1-5-8-11-14-17-20-23-26-29-35(40)32-38(4)39(33-36(41)30-27-24-21-18-15-12-9-6-2)34-37(42)31-28-25-22-19-16-13-10-7-3/h35-37,40-42H,5-34H2,1-4H3. The number of aliphatic hydroxyl groups is 3. The number of hydrogen-bond acceptors (Lipinski definition) is 5. The van der Waals surface area contributed by atoms with E-state index in [0.717, 1.165) is 38.5 Å². The molecule has 0 bridgehead atoms. The van der Waals surface area contributed by atoms with Gasteiger partial charge in [0, 0.05) is 26.7 Å². The van der Waals surface area contributed by atoms with Crippen LogP contribution in [0.2, 0.25) is 0 Å². The van der Waals surface area contributed by atoms with Crippen molar-refractivity contribution in [1.29, 1.82) is 0 Å². The SMILES string of the molecule is CCCCCCCCCCC(O)CN(C)N(CC(O)CCCCCCCCCC)CC(O)CCCCCCCCCC. The van der Waals surface area contributed by atoms with E-state index >= 15 is 0 Å². The van der Waals surface area contributed by atoms with Gasteiger partial charge >= 0.3 is 0 Å². The number of nitrogens with zero attached hydrogens (tertiary/aromatic N) is 2. The van der Waals surface area contributed by atoms with Gasteiger partial charge < -0.3 is 15.3 Å². The van der Waals surface area contributed by atoms with Crippen LogP contribution >= 0.6 is 0 Å². The number of hydrazine groups is 1. The molecule has 0 aliphatic rings. The maximum absolute atomic E-state index is 10.9. The molecule has 0 aromatic heterocycles. The van der Waals surface area contributed by atoms with Crippen LogP contribution in [0.5, 0.6) is 0 Å². The van der Waals surface area contributed by atoms with Crippen LogP contribution in [0, 0.1) is 0 Å². The van der Waals surface area contributed by atoms with E-state index < -0.39 is 12.2 Å². The lowest BCUT2D eigenvalue weighted by molar-refractivity contribution is -0.0801. The maximum atomic E-state index is 10.9. The molecule has 3 unspecified atom stereocenters. The Bertz CT molecular complexity index is 493. The van der Waals surface area contributed by atoms with Crippen LogP contribution in [0.25, 0.3) is 0 Å². The normalized spacial score (nSPS) is 14.2. The van der Waals surface area contributed by atoms with Crippen LogP contribution in [0.15, 0.2) is 0 Å². The molecule has 3 N–H and O–H groups in total. The van der Waals surface area contributed by atoms with Crippen molar-refractivity contribution in [3.05, 3.63) is 0 Å². The highest BCUT2D eigenvalue weighted by atomic mass is 16.3. The highest BCUT2D eigenvalue weighted by Gasteiger charge is 2.21. The monoisotopic (exact) mass is 599 g/mol. The average molecular weight is 599 g/mol. The van der Waals surface area contributed by atoms with Crippen LogP contribution < -0.4 is 0 Å². The number of hydrogen-bond donors (Lipinski definition) is 3. The average Bonchev–Trinajstić information content (AvgIpc) is 2.96. The van der Waals surface area contributed by atoms with Crippen LogP contribution in [0.3, 0.4) is 0 Å². The molecular formula is C37H78N2O3. The molecule has 0 radical (unpaired) electrons. The summed E-state index contributed by atoms with van der Waals surface area (Å²) in [6.45, 7) is 8.41. The van der Waals surface area contributed by atoms with E-state index in [9.17, 15) is 15.3 Å². The van der Waals surface area contributed by atoms with Gasteiger partial charge in [-0.25, -0.2) is 10.0 Å². The van der Waals surface area contributed by atoms with Crippen molar-refractivity contribution in [2.45, 2.75) is 212 Å². The summed E-state index contributed by atoms with van der Waals surface area (Å²) in [5.41, 5.74) is 0. The summed E-state index contributed by atoms with van der Waals surface area (Å²) in [6.07, 6.45) is 31.8. The fraction of sp³-hybridized carbons (Fsp3) is 1.00. The molecule has 0 aliphatic heterocycles. The summed E-state index contributed by atoms with van der Waals surface area (Å²) in [5.74, 6) is 0. The zero-order chi connectivity index (χ0) is 31.1. The summed E-state index contributed by atoms with van der Waals surface area (Å²) in [6, 6.07) is 0. The first kappa shape index (κ1) is 41.8. The van der Waals surface area contributed by atoms with Gasteiger partial charge in [0.1, 0.15) is 0 Å². The Morgan fingerprint density at radius 1 is 0.357 bits per heavy atom. The summed E-state index contributed by atoms with van der Waals surface area (Å²) in [5, 5.41) is 36.7. The summed E-state index contributed by atoms with van der Waals surface area (Å²) in [4.78, 5) is 0. The van der Waals surface area contributed by atoms with Gasteiger partial charge in [-0.1, -0.05) is 175 Å². The van der Waals surface area contributed by atoms with E-state index in [1.165, 1.54) is 135 Å². The Morgan fingerprint density at radius 3 is 0.881 bits per heavy atom. The minimum atomic E-state index is -0.396. The number of unbranched alkanes of at least 4 members (excludes halogenated alkanes) is 21. The highest BCUT2D eigenvalue weighted by molar-refractivity contribution is 4.70. The predicted molar refractivity (Wildman–Crippen MR) is 184 cm³/mol. The van der Waals surface area contributed by atoms with E-state index in [4.69, 9.17) is 0 Å². The van der Waals surface area contributed by atoms with E-state index in [2.05, 4.69) is 30.8 Å². The second-order valence-corrected chi connectivity index (χ2v) is 13.5. The summed E-state index contributed by atoms with van der Waals surface area (Å²) < 4.78 is 0. The van der Waals surface area contributed by atoms with Gasteiger partial charge in [0.2, 0.25) is 0 Å². The van der Waals surface area contributed by atoms with E-state index in [0.29, 0.717) is 19.6 Å². The minimum absolute atomic E-state index is 0.368. The molecular weight excluding hydrogens is 520 g/mol. The van der Waals surface area contributed by atoms with Crippen molar-refractivity contribution in [2.24, 2.45) is 0 Å². The summed E-state index contributed by atoms with van der Waals surface area (Å²) >= 11 is 0. The zero-order valence-electron chi connectivity index (χ0n) is 29.2. The Balaban J connectivity index is 4.52. The molecule has 0 saturated heterocycles. The van der Waals surface area contributed by atoms with Crippen molar-refractivity contribution in [3.8, 4) is 0 Å². The van der Waals surface area contributed by atoms with Crippen LogP contribution in [0.4, 0.5) is 0 Å². The third-order valence-corrected chi connectivity index (χ3v) is 8.97. The largest absolute Gasteiger partial charge is 0.392 e. The second-order valence-electron chi connectivity index (χ2n) is 13.5. The molecule has 0 rings (SSSR count). The Hall–Kier alpha value is -0.200. The van der Waals surface area contributed by atoms with Crippen molar-refractivity contribution in [3.63, 3.8) is 0 Å².